The number of amides is 1. The van der Waals surface area contributed by atoms with Crippen molar-refractivity contribution in [3.8, 4) is 0 Å². The van der Waals surface area contributed by atoms with Gasteiger partial charge in [0.25, 0.3) is 0 Å². The third kappa shape index (κ3) is 5.06. The smallest absolute Gasteiger partial charge is 0.237 e. The summed E-state index contributed by atoms with van der Waals surface area (Å²) in [6.07, 6.45) is -10.7. The molecular weight excluding hydrogens is 432 g/mol. The molecule has 3 rings (SSSR count). The molecule has 0 aliphatic carbocycles. The lowest BCUT2D eigenvalue weighted by Crippen LogP contribution is -2.70. The number of aliphatic hydroxyl groups excluding tert-OH is 5. The largest absolute Gasteiger partial charge is 0.394 e. The molecule has 0 radical (unpaired) electrons. The number of aliphatic hydroxyl groups is 5. The second kappa shape index (κ2) is 10.5. The zero-order chi connectivity index (χ0) is 23.7. The third-order valence-electron chi connectivity index (χ3n) is 6.05. The maximum Gasteiger partial charge on any atom is 0.237 e. The van der Waals surface area contributed by atoms with Gasteiger partial charge in [-0.25, -0.2) is 0 Å². The van der Waals surface area contributed by atoms with Crippen LogP contribution in [0.25, 0.3) is 0 Å². The van der Waals surface area contributed by atoms with Crippen LogP contribution in [-0.2, 0) is 23.7 Å². The van der Waals surface area contributed by atoms with Gasteiger partial charge >= 0.3 is 0 Å². The number of rotatable bonds is 6. The molecule has 186 valence electrons. The van der Waals surface area contributed by atoms with E-state index in [4.69, 9.17) is 30.4 Å². The highest BCUT2D eigenvalue weighted by molar-refractivity contribution is 5.81. The first-order chi connectivity index (χ1) is 15.1. The molecule has 32 heavy (non-hydrogen) atoms. The highest BCUT2D eigenvalue weighted by atomic mass is 16.8. The van der Waals surface area contributed by atoms with Gasteiger partial charge in [0.1, 0.15) is 30.5 Å². The molecule has 3 heterocycles. The molecule has 11 N–H and O–H groups in total. The number of carbonyl (C=O) groups excluding carboxylic acids is 1. The number of carbonyl (C=O) groups is 1. The predicted molar refractivity (Wildman–Crippen MR) is 105 cm³/mol. The van der Waals surface area contributed by atoms with E-state index < -0.39 is 92.2 Å². The second-order valence-corrected chi connectivity index (χ2v) is 8.40. The summed E-state index contributed by atoms with van der Waals surface area (Å²) in [6.45, 7) is 0.848. The SMILES string of the molecule is CNC1C(OC2OC(CO)C(NC(=O)[C@H](C)N)C(O)C2O)O[C@H]2C[C@H](N)C(O)OC2C1O. The molecule has 13 atom stereocenters. The first-order valence-electron chi connectivity index (χ1n) is 10.5. The van der Waals surface area contributed by atoms with Crippen LogP contribution < -0.4 is 22.1 Å². The quantitative estimate of drug-likeness (QED) is 0.178. The molecule has 3 aliphatic heterocycles. The van der Waals surface area contributed by atoms with E-state index >= 15 is 0 Å². The van der Waals surface area contributed by atoms with Crippen molar-refractivity contribution in [3.63, 3.8) is 0 Å². The van der Waals surface area contributed by atoms with Crippen molar-refractivity contribution in [3.05, 3.63) is 0 Å². The molecule has 10 unspecified atom stereocenters. The Hall–Kier alpha value is -1.01. The second-order valence-electron chi connectivity index (χ2n) is 8.40. The van der Waals surface area contributed by atoms with Crippen LogP contribution in [0.3, 0.4) is 0 Å². The normalized spacial score (nSPS) is 48.0. The minimum Gasteiger partial charge on any atom is -0.394 e. The first kappa shape index (κ1) is 25.6. The van der Waals surface area contributed by atoms with Gasteiger partial charge in [-0.15, -0.1) is 0 Å². The number of nitrogens with two attached hydrogens (primary N) is 2. The van der Waals surface area contributed by atoms with Crippen molar-refractivity contribution in [2.24, 2.45) is 11.5 Å². The maximum atomic E-state index is 11.9. The van der Waals surface area contributed by atoms with Gasteiger partial charge in [-0.3, -0.25) is 4.79 Å². The van der Waals surface area contributed by atoms with Crippen molar-refractivity contribution in [2.75, 3.05) is 13.7 Å². The molecule has 3 fully saturated rings. The fourth-order valence-corrected chi connectivity index (χ4v) is 4.15. The number of fused-ring (bicyclic) bond motifs is 1. The van der Waals surface area contributed by atoms with Gasteiger partial charge in [-0.05, 0) is 20.4 Å². The average Bonchev–Trinajstić information content (AvgIpc) is 2.75. The third-order valence-corrected chi connectivity index (χ3v) is 6.05. The van der Waals surface area contributed by atoms with E-state index in [1.807, 2.05) is 0 Å². The van der Waals surface area contributed by atoms with E-state index in [0.717, 1.165) is 0 Å². The summed E-state index contributed by atoms with van der Waals surface area (Å²) >= 11 is 0. The lowest BCUT2D eigenvalue weighted by Gasteiger charge is -2.50. The van der Waals surface area contributed by atoms with Crippen molar-refractivity contribution in [1.82, 2.24) is 10.6 Å². The predicted octanol–water partition coefficient (Wildman–Crippen LogP) is -5.62. The molecule has 0 aromatic heterocycles. The minimum absolute atomic E-state index is 0.181. The van der Waals surface area contributed by atoms with E-state index in [9.17, 15) is 30.3 Å². The van der Waals surface area contributed by atoms with Crippen LogP contribution in [0.1, 0.15) is 13.3 Å². The number of nitrogens with one attached hydrogen (secondary N) is 2. The van der Waals surface area contributed by atoms with Gasteiger partial charge < -0.3 is 66.6 Å². The number of likely N-dealkylation sites (N-methyl/N-ethyl adjacent to an activating group) is 1. The van der Waals surface area contributed by atoms with Crippen LogP contribution in [0, 0.1) is 0 Å². The van der Waals surface area contributed by atoms with Gasteiger partial charge in [0.2, 0.25) is 5.91 Å². The Kier molecular flexibility index (Phi) is 8.40. The van der Waals surface area contributed by atoms with Gasteiger partial charge in [0.05, 0.1) is 36.9 Å². The Labute approximate surface area is 184 Å². The molecule has 0 saturated carbocycles. The fourth-order valence-electron chi connectivity index (χ4n) is 4.15. The average molecular weight is 466 g/mol. The molecule has 0 bridgehead atoms. The van der Waals surface area contributed by atoms with Gasteiger partial charge in [-0.1, -0.05) is 0 Å². The molecule has 14 heteroatoms. The zero-order valence-electron chi connectivity index (χ0n) is 17.9. The summed E-state index contributed by atoms with van der Waals surface area (Å²) < 4.78 is 22.6. The van der Waals surface area contributed by atoms with E-state index in [1.54, 1.807) is 7.05 Å². The lowest BCUT2D eigenvalue weighted by molar-refractivity contribution is -0.368. The van der Waals surface area contributed by atoms with Crippen molar-refractivity contribution in [2.45, 2.75) is 93.0 Å². The van der Waals surface area contributed by atoms with Crippen molar-refractivity contribution in [1.29, 1.82) is 0 Å². The van der Waals surface area contributed by atoms with Crippen LogP contribution in [0.15, 0.2) is 0 Å². The van der Waals surface area contributed by atoms with Crippen LogP contribution in [0.2, 0.25) is 0 Å². The molecule has 1 amide bonds. The minimum atomic E-state index is -1.63. The summed E-state index contributed by atoms with van der Waals surface area (Å²) in [5.41, 5.74) is 11.3. The maximum absolute atomic E-state index is 11.9. The molecule has 14 nitrogen and oxygen atoms in total. The Morgan fingerprint density at radius 2 is 1.78 bits per heavy atom. The van der Waals surface area contributed by atoms with Gasteiger partial charge in [0, 0.05) is 0 Å². The molecule has 3 saturated heterocycles. The molecule has 0 aromatic rings. The van der Waals surface area contributed by atoms with Crippen LogP contribution in [0.4, 0.5) is 0 Å². The van der Waals surface area contributed by atoms with E-state index in [-0.39, 0.29) is 6.42 Å². The summed E-state index contributed by atoms with van der Waals surface area (Å²) in [4.78, 5) is 11.9. The lowest BCUT2D eigenvalue weighted by atomic mass is 9.90. The fraction of sp³-hybridized carbons (Fsp3) is 0.944. The van der Waals surface area contributed by atoms with Gasteiger partial charge in [-0.2, -0.15) is 0 Å². The molecule has 0 spiro atoms. The van der Waals surface area contributed by atoms with E-state index in [1.165, 1.54) is 6.92 Å². The summed E-state index contributed by atoms with van der Waals surface area (Å²) in [5.74, 6) is -0.599. The summed E-state index contributed by atoms with van der Waals surface area (Å²) in [6, 6.07) is -3.60. The molecular formula is C18H34N4O10. The van der Waals surface area contributed by atoms with E-state index in [0.29, 0.717) is 0 Å². The Balaban J connectivity index is 1.72. The van der Waals surface area contributed by atoms with Gasteiger partial charge in [0.15, 0.2) is 18.9 Å². The van der Waals surface area contributed by atoms with Crippen LogP contribution >= 0.6 is 0 Å². The highest BCUT2D eigenvalue weighted by Crippen LogP contribution is 2.33. The standard InChI is InChI=1S/C18H34N4O10/c1-5(19)15(27)22-9-8(4-23)30-18(13(26)11(9)24)32-17-10(21-2)12(25)14-7(29-17)3-6(20)16(28)31-14/h5-14,16-18,21,23-26,28H,3-4,19-20H2,1-2H3,(H,22,27)/t5-,6-,7-,8?,9?,10?,11?,12?,13?,14?,16?,17?,18?/m0/s1. The Morgan fingerprint density at radius 3 is 2.38 bits per heavy atom. The number of hydrogen-bond acceptors (Lipinski definition) is 13. The topological polar surface area (TPSA) is 231 Å². The Morgan fingerprint density at radius 1 is 1.09 bits per heavy atom. The highest BCUT2D eigenvalue weighted by Gasteiger charge is 2.53. The number of ether oxygens (including phenoxy) is 4. The van der Waals surface area contributed by atoms with Crippen LogP contribution in [0.5, 0.6) is 0 Å². The molecule has 3 aliphatic rings. The Bertz CT molecular complexity index is 641. The molecule has 0 aromatic carbocycles. The zero-order valence-corrected chi connectivity index (χ0v) is 17.9. The first-order valence-corrected chi connectivity index (χ1v) is 10.5. The van der Waals surface area contributed by atoms with Crippen LogP contribution in [-0.4, -0.2) is 125 Å². The van der Waals surface area contributed by atoms with Crippen molar-refractivity contribution >= 4 is 5.91 Å². The van der Waals surface area contributed by atoms with Crippen molar-refractivity contribution < 1.29 is 49.3 Å². The summed E-state index contributed by atoms with van der Waals surface area (Å²) in [5, 5.41) is 56.7. The monoisotopic (exact) mass is 466 g/mol. The summed E-state index contributed by atoms with van der Waals surface area (Å²) in [7, 11) is 1.54. The van der Waals surface area contributed by atoms with E-state index in [2.05, 4.69) is 10.6 Å². The number of hydrogen-bond donors (Lipinski definition) is 9.